The molecule has 0 aliphatic carbocycles. The first-order valence-corrected chi connectivity index (χ1v) is 7.05. The number of hydrogen-bond acceptors (Lipinski definition) is 1. The fourth-order valence-corrected chi connectivity index (χ4v) is 1.93. The second kappa shape index (κ2) is 6.60. The van der Waals surface area contributed by atoms with Gasteiger partial charge in [-0.2, -0.15) is 0 Å². The Labute approximate surface area is 113 Å². The number of rotatable bonds is 5. The first kappa shape index (κ1) is 14.0. The van der Waals surface area contributed by atoms with E-state index in [0.717, 1.165) is 6.54 Å². The van der Waals surface area contributed by atoms with E-state index in [1.807, 2.05) is 0 Å². The van der Waals surface area contributed by atoms with Crippen LogP contribution in [-0.4, -0.2) is 12.1 Å². The number of benzene rings is 1. The molecule has 16 heavy (non-hydrogen) atoms. The van der Waals surface area contributed by atoms with E-state index in [1.165, 1.54) is 28.4 Å². The van der Waals surface area contributed by atoms with Crippen LogP contribution in [0.25, 0.3) is 0 Å². The SMILES string of the molecule is CC(C)(C)NCCCCc1ccc(I)cc1. The van der Waals surface area contributed by atoms with Gasteiger partial charge in [0, 0.05) is 9.11 Å². The van der Waals surface area contributed by atoms with Crippen molar-refractivity contribution in [2.24, 2.45) is 0 Å². The van der Waals surface area contributed by atoms with Crippen molar-refractivity contribution in [3.8, 4) is 0 Å². The Balaban J connectivity index is 2.14. The zero-order valence-corrected chi connectivity index (χ0v) is 12.7. The van der Waals surface area contributed by atoms with Crippen LogP contribution in [0.2, 0.25) is 0 Å². The highest BCUT2D eigenvalue weighted by Gasteiger charge is 2.06. The van der Waals surface area contributed by atoms with Crippen LogP contribution in [0, 0.1) is 3.57 Å². The van der Waals surface area contributed by atoms with Gasteiger partial charge < -0.3 is 5.32 Å². The topological polar surface area (TPSA) is 12.0 Å². The molecule has 0 heterocycles. The molecule has 0 fully saturated rings. The van der Waals surface area contributed by atoms with Gasteiger partial charge in [0.15, 0.2) is 0 Å². The Bertz CT molecular complexity index is 298. The molecule has 0 aromatic heterocycles. The van der Waals surface area contributed by atoms with E-state index in [9.17, 15) is 0 Å². The highest BCUT2D eigenvalue weighted by atomic mass is 127. The maximum Gasteiger partial charge on any atom is 0.0130 e. The standard InChI is InChI=1S/C14H22IN/c1-14(2,3)16-11-5-4-6-12-7-9-13(15)10-8-12/h7-10,16H,4-6,11H2,1-3H3. The van der Waals surface area contributed by atoms with Crippen molar-refractivity contribution in [3.63, 3.8) is 0 Å². The number of aryl methyl sites for hydroxylation is 1. The van der Waals surface area contributed by atoms with E-state index < -0.39 is 0 Å². The van der Waals surface area contributed by atoms with E-state index in [2.05, 4.69) is 72.9 Å². The van der Waals surface area contributed by atoms with Crippen molar-refractivity contribution in [3.05, 3.63) is 33.4 Å². The lowest BCUT2D eigenvalue weighted by molar-refractivity contribution is 0.419. The summed E-state index contributed by atoms with van der Waals surface area (Å²) in [6.45, 7) is 7.76. The summed E-state index contributed by atoms with van der Waals surface area (Å²) < 4.78 is 1.32. The van der Waals surface area contributed by atoms with Gasteiger partial charge in [-0.1, -0.05) is 12.1 Å². The highest BCUT2D eigenvalue weighted by molar-refractivity contribution is 14.1. The third-order valence-corrected chi connectivity index (χ3v) is 3.18. The van der Waals surface area contributed by atoms with Crippen LogP contribution >= 0.6 is 22.6 Å². The van der Waals surface area contributed by atoms with Crippen molar-refractivity contribution in [2.45, 2.75) is 45.6 Å². The van der Waals surface area contributed by atoms with E-state index >= 15 is 0 Å². The number of halogens is 1. The van der Waals surface area contributed by atoms with Crippen LogP contribution in [0.1, 0.15) is 39.2 Å². The lowest BCUT2D eigenvalue weighted by atomic mass is 10.1. The van der Waals surface area contributed by atoms with Gasteiger partial charge in [-0.15, -0.1) is 0 Å². The van der Waals surface area contributed by atoms with Gasteiger partial charge in [-0.05, 0) is 86.9 Å². The summed E-state index contributed by atoms with van der Waals surface area (Å²) in [6.07, 6.45) is 3.72. The minimum atomic E-state index is 0.253. The monoisotopic (exact) mass is 331 g/mol. The minimum absolute atomic E-state index is 0.253. The fourth-order valence-electron chi connectivity index (χ4n) is 1.57. The van der Waals surface area contributed by atoms with Crippen LogP contribution in [0.5, 0.6) is 0 Å². The molecule has 0 bridgehead atoms. The first-order chi connectivity index (χ1) is 7.47. The Kier molecular flexibility index (Phi) is 5.76. The molecule has 0 atom stereocenters. The predicted molar refractivity (Wildman–Crippen MR) is 79.9 cm³/mol. The molecule has 0 radical (unpaired) electrons. The Morgan fingerprint density at radius 3 is 2.25 bits per heavy atom. The molecule has 0 aliphatic heterocycles. The van der Waals surface area contributed by atoms with Crippen LogP contribution in [0.3, 0.4) is 0 Å². The summed E-state index contributed by atoms with van der Waals surface area (Å²) in [4.78, 5) is 0. The summed E-state index contributed by atoms with van der Waals surface area (Å²) in [5.41, 5.74) is 1.71. The molecule has 0 unspecified atom stereocenters. The summed E-state index contributed by atoms with van der Waals surface area (Å²) in [7, 11) is 0. The Morgan fingerprint density at radius 2 is 1.69 bits per heavy atom. The van der Waals surface area contributed by atoms with Gasteiger partial charge in [0.2, 0.25) is 0 Å². The zero-order valence-electron chi connectivity index (χ0n) is 10.5. The molecule has 1 N–H and O–H groups in total. The lowest BCUT2D eigenvalue weighted by Gasteiger charge is -2.20. The number of hydrogen-bond donors (Lipinski definition) is 1. The smallest absolute Gasteiger partial charge is 0.0130 e. The average Bonchev–Trinajstić information content (AvgIpc) is 2.19. The highest BCUT2D eigenvalue weighted by Crippen LogP contribution is 2.09. The van der Waals surface area contributed by atoms with Gasteiger partial charge in [-0.3, -0.25) is 0 Å². The van der Waals surface area contributed by atoms with Crippen molar-refractivity contribution in [1.82, 2.24) is 5.32 Å². The molecule has 1 rings (SSSR count). The molecule has 0 saturated carbocycles. The van der Waals surface area contributed by atoms with E-state index in [-0.39, 0.29) is 5.54 Å². The van der Waals surface area contributed by atoms with Gasteiger partial charge >= 0.3 is 0 Å². The summed E-state index contributed by atoms with van der Waals surface area (Å²) in [5, 5.41) is 3.52. The molecule has 1 aromatic carbocycles. The maximum atomic E-state index is 3.52. The van der Waals surface area contributed by atoms with Crippen LogP contribution in [0.15, 0.2) is 24.3 Å². The second-order valence-electron chi connectivity index (χ2n) is 5.26. The normalized spacial score (nSPS) is 11.8. The molecular formula is C14H22IN. The number of unbranched alkanes of at least 4 members (excludes halogenated alkanes) is 1. The van der Waals surface area contributed by atoms with Crippen molar-refractivity contribution < 1.29 is 0 Å². The average molecular weight is 331 g/mol. The van der Waals surface area contributed by atoms with Crippen molar-refractivity contribution >= 4 is 22.6 Å². The Hall–Kier alpha value is -0.0900. The summed E-state index contributed by atoms with van der Waals surface area (Å²) in [6, 6.07) is 8.84. The molecule has 0 spiro atoms. The molecule has 2 heteroatoms. The van der Waals surface area contributed by atoms with E-state index in [4.69, 9.17) is 0 Å². The molecule has 1 nitrogen and oxygen atoms in total. The Morgan fingerprint density at radius 1 is 1.06 bits per heavy atom. The second-order valence-corrected chi connectivity index (χ2v) is 6.51. The van der Waals surface area contributed by atoms with Crippen LogP contribution < -0.4 is 5.32 Å². The predicted octanol–water partition coefficient (Wildman–Crippen LogP) is 4.00. The molecule has 0 aliphatic rings. The summed E-state index contributed by atoms with van der Waals surface area (Å²) >= 11 is 2.35. The van der Waals surface area contributed by atoms with Crippen LogP contribution in [0.4, 0.5) is 0 Å². The summed E-state index contributed by atoms with van der Waals surface area (Å²) in [5.74, 6) is 0. The van der Waals surface area contributed by atoms with Crippen molar-refractivity contribution in [1.29, 1.82) is 0 Å². The van der Waals surface area contributed by atoms with Gasteiger partial charge in [-0.25, -0.2) is 0 Å². The third kappa shape index (κ3) is 6.48. The maximum absolute atomic E-state index is 3.52. The van der Waals surface area contributed by atoms with Gasteiger partial charge in [0.05, 0.1) is 0 Å². The fraction of sp³-hybridized carbons (Fsp3) is 0.571. The number of nitrogens with one attached hydrogen (secondary N) is 1. The van der Waals surface area contributed by atoms with E-state index in [1.54, 1.807) is 0 Å². The zero-order chi connectivity index (χ0) is 12.0. The largest absolute Gasteiger partial charge is 0.312 e. The molecule has 1 aromatic rings. The molecule has 0 amide bonds. The minimum Gasteiger partial charge on any atom is -0.312 e. The molecule has 0 saturated heterocycles. The van der Waals surface area contributed by atoms with E-state index in [0.29, 0.717) is 0 Å². The first-order valence-electron chi connectivity index (χ1n) is 5.97. The van der Waals surface area contributed by atoms with Crippen molar-refractivity contribution in [2.75, 3.05) is 6.54 Å². The third-order valence-electron chi connectivity index (χ3n) is 2.46. The lowest BCUT2D eigenvalue weighted by Crippen LogP contribution is -2.36. The quantitative estimate of drug-likeness (QED) is 0.635. The van der Waals surface area contributed by atoms with Gasteiger partial charge in [0.25, 0.3) is 0 Å². The van der Waals surface area contributed by atoms with Crippen LogP contribution in [-0.2, 0) is 6.42 Å². The van der Waals surface area contributed by atoms with Gasteiger partial charge in [0.1, 0.15) is 0 Å². The molecule has 90 valence electrons. The molecular weight excluding hydrogens is 309 g/mol.